The number of hydrogen-bond donors (Lipinski definition) is 3. The van der Waals surface area contributed by atoms with Gasteiger partial charge in [0.1, 0.15) is 12.6 Å². The third-order valence-corrected chi connectivity index (χ3v) is 2.71. The highest BCUT2D eigenvalue weighted by Crippen LogP contribution is 2.10. The third-order valence-electron chi connectivity index (χ3n) is 2.71. The van der Waals surface area contributed by atoms with Crippen LogP contribution in [0.2, 0.25) is 0 Å². The largest absolute Gasteiger partial charge is 0.480 e. The van der Waals surface area contributed by atoms with Crippen molar-refractivity contribution in [2.45, 2.75) is 18.9 Å². The Bertz CT molecular complexity index is 411. The van der Waals surface area contributed by atoms with Crippen LogP contribution in [0.5, 0.6) is 0 Å². The molecule has 1 saturated heterocycles. The second kappa shape index (κ2) is 7.43. The molecule has 3 N–H and O–H groups in total. The van der Waals surface area contributed by atoms with Crippen molar-refractivity contribution < 1.29 is 29.0 Å². The van der Waals surface area contributed by atoms with Gasteiger partial charge in [-0.05, 0) is 6.42 Å². The molecule has 1 unspecified atom stereocenters. The van der Waals surface area contributed by atoms with Gasteiger partial charge in [0.15, 0.2) is 0 Å². The van der Waals surface area contributed by atoms with Crippen LogP contribution >= 0.6 is 0 Å². The van der Waals surface area contributed by atoms with E-state index in [2.05, 4.69) is 10.6 Å². The first-order chi connectivity index (χ1) is 9.41. The number of carboxylic acid groups (broad SMARTS) is 1. The molecular weight excluding hydrogens is 270 g/mol. The van der Waals surface area contributed by atoms with Crippen molar-refractivity contribution >= 4 is 23.8 Å². The first kappa shape index (κ1) is 15.9. The van der Waals surface area contributed by atoms with Crippen molar-refractivity contribution in [1.82, 2.24) is 15.5 Å². The zero-order valence-electron chi connectivity index (χ0n) is 11.0. The summed E-state index contributed by atoms with van der Waals surface area (Å²) in [5.74, 6) is -1.80. The van der Waals surface area contributed by atoms with Crippen LogP contribution in [0.4, 0.5) is 4.79 Å². The maximum Gasteiger partial charge on any atom is 0.329 e. The van der Waals surface area contributed by atoms with E-state index in [0.29, 0.717) is 0 Å². The number of hydrogen-bond acceptors (Lipinski definition) is 5. The van der Waals surface area contributed by atoms with Gasteiger partial charge in [0.05, 0.1) is 6.61 Å². The monoisotopic (exact) mass is 287 g/mol. The zero-order chi connectivity index (χ0) is 15.1. The fraction of sp³-hybridized carbons (Fsp3) is 0.636. The molecule has 20 heavy (non-hydrogen) atoms. The van der Waals surface area contributed by atoms with Gasteiger partial charge in [0.2, 0.25) is 5.91 Å². The van der Waals surface area contributed by atoms with E-state index in [1.54, 1.807) is 0 Å². The van der Waals surface area contributed by atoms with Crippen LogP contribution in [-0.2, 0) is 19.1 Å². The summed E-state index contributed by atoms with van der Waals surface area (Å²) in [4.78, 5) is 45.6. The SMILES string of the molecule is CN1C(=O)CCC(NC(=O)NCCOCC(=O)O)C1=O. The number of rotatable bonds is 6. The third kappa shape index (κ3) is 4.84. The van der Waals surface area contributed by atoms with Gasteiger partial charge in [-0.3, -0.25) is 14.5 Å². The number of nitrogens with zero attached hydrogens (tertiary/aromatic N) is 1. The van der Waals surface area contributed by atoms with E-state index in [0.717, 1.165) is 4.90 Å². The summed E-state index contributed by atoms with van der Waals surface area (Å²) in [6.45, 7) is -0.261. The number of carboxylic acids is 1. The average molecular weight is 287 g/mol. The number of imide groups is 1. The summed E-state index contributed by atoms with van der Waals surface area (Å²) in [6, 6.07) is -1.29. The Balaban J connectivity index is 2.23. The van der Waals surface area contributed by atoms with Crippen molar-refractivity contribution in [3.63, 3.8) is 0 Å². The first-order valence-corrected chi connectivity index (χ1v) is 6.06. The topological polar surface area (TPSA) is 125 Å². The first-order valence-electron chi connectivity index (χ1n) is 6.06. The van der Waals surface area contributed by atoms with Crippen molar-refractivity contribution in [2.24, 2.45) is 0 Å². The molecule has 1 aliphatic rings. The van der Waals surface area contributed by atoms with E-state index < -0.39 is 30.6 Å². The van der Waals surface area contributed by atoms with E-state index in [4.69, 9.17) is 9.84 Å². The number of ether oxygens (including phenoxy) is 1. The molecule has 1 fully saturated rings. The Kier molecular flexibility index (Phi) is 5.91. The zero-order valence-corrected chi connectivity index (χ0v) is 11.0. The van der Waals surface area contributed by atoms with Gasteiger partial charge in [-0.25, -0.2) is 9.59 Å². The number of nitrogens with one attached hydrogen (secondary N) is 2. The van der Waals surface area contributed by atoms with Crippen LogP contribution < -0.4 is 10.6 Å². The summed E-state index contributed by atoms with van der Waals surface area (Å²) < 4.78 is 4.73. The van der Waals surface area contributed by atoms with Gasteiger partial charge in [-0.15, -0.1) is 0 Å². The number of aliphatic carboxylic acids is 1. The molecule has 0 aromatic rings. The van der Waals surface area contributed by atoms with Gasteiger partial charge < -0.3 is 20.5 Å². The molecule has 1 heterocycles. The predicted octanol–water partition coefficient (Wildman–Crippen LogP) is -1.47. The highest BCUT2D eigenvalue weighted by molar-refractivity contribution is 6.01. The Morgan fingerprint density at radius 2 is 2.15 bits per heavy atom. The van der Waals surface area contributed by atoms with Gasteiger partial charge in [-0.1, -0.05) is 0 Å². The molecule has 9 heteroatoms. The Hall–Kier alpha value is -2.16. The van der Waals surface area contributed by atoms with E-state index in [-0.39, 0.29) is 31.9 Å². The van der Waals surface area contributed by atoms with Crippen LogP contribution in [0.1, 0.15) is 12.8 Å². The summed E-state index contributed by atoms with van der Waals surface area (Å²) >= 11 is 0. The summed E-state index contributed by atoms with van der Waals surface area (Å²) in [5.41, 5.74) is 0. The van der Waals surface area contributed by atoms with Crippen LogP contribution in [-0.4, -0.2) is 66.7 Å². The summed E-state index contributed by atoms with van der Waals surface area (Å²) in [7, 11) is 1.37. The molecule has 9 nitrogen and oxygen atoms in total. The maximum absolute atomic E-state index is 11.7. The molecular formula is C11H17N3O6. The fourth-order valence-electron chi connectivity index (χ4n) is 1.66. The maximum atomic E-state index is 11.7. The molecule has 112 valence electrons. The molecule has 1 aliphatic heterocycles. The minimum Gasteiger partial charge on any atom is -0.480 e. The van der Waals surface area contributed by atoms with Crippen molar-refractivity contribution in [3.05, 3.63) is 0 Å². The lowest BCUT2D eigenvalue weighted by Gasteiger charge is -2.28. The van der Waals surface area contributed by atoms with Crippen LogP contribution in [0.3, 0.4) is 0 Å². The number of likely N-dealkylation sites (tertiary alicyclic amines) is 1. The highest BCUT2D eigenvalue weighted by Gasteiger charge is 2.32. The number of carbonyl (C=O) groups is 4. The van der Waals surface area contributed by atoms with Crippen molar-refractivity contribution in [2.75, 3.05) is 26.8 Å². The number of piperidine rings is 1. The lowest BCUT2D eigenvalue weighted by molar-refractivity contribution is -0.148. The molecule has 4 amide bonds. The lowest BCUT2D eigenvalue weighted by Crippen LogP contribution is -2.55. The lowest BCUT2D eigenvalue weighted by atomic mass is 10.1. The van der Waals surface area contributed by atoms with Crippen LogP contribution in [0.25, 0.3) is 0 Å². The number of amides is 4. The molecule has 0 spiro atoms. The standard InChI is InChI=1S/C11H17N3O6/c1-14-8(15)3-2-7(10(14)18)13-11(19)12-4-5-20-6-9(16)17/h7H,2-6H2,1H3,(H,16,17)(H2,12,13,19). The van der Waals surface area contributed by atoms with E-state index >= 15 is 0 Å². The van der Waals surface area contributed by atoms with E-state index in [1.807, 2.05) is 0 Å². The van der Waals surface area contributed by atoms with Crippen LogP contribution in [0, 0.1) is 0 Å². The minimum atomic E-state index is -1.09. The smallest absolute Gasteiger partial charge is 0.329 e. The van der Waals surface area contributed by atoms with Crippen LogP contribution in [0.15, 0.2) is 0 Å². The van der Waals surface area contributed by atoms with Crippen molar-refractivity contribution in [3.8, 4) is 0 Å². The predicted molar refractivity (Wildman–Crippen MR) is 65.8 cm³/mol. The second-order valence-electron chi connectivity index (χ2n) is 4.23. The number of likely N-dealkylation sites (N-methyl/N-ethyl adjacent to an activating group) is 1. The fourth-order valence-corrected chi connectivity index (χ4v) is 1.66. The van der Waals surface area contributed by atoms with E-state index in [1.165, 1.54) is 7.05 Å². The average Bonchev–Trinajstić information content (AvgIpc) is 2.39. The highest BCUT2D eigenvalue weighted by atomic mass is 16.5. The second-order valence-corrected chi connectivity index (χ2v) is 4.23. The quantitative estimate of drug-likeness (QED) is 0.405. The molecule has 0 aromatic carbocycles. The molecule has 0 aromatic heterocycles. The van der Waals surface area contributed by atoms with Crippen molar-refractivity contribution in [1.29, 1.82) is 0 Å². The molecule has 0 aliphatic carbocycles. The Labute approximate surface area is 115 Å². The van der Waals surface area contributed by atoms with Gasteiger partial charge >= 0.3 is 12.0 Å². The summed E-state index contributed by atoms with van der Waals surface area (Å²) in [5, 5.41) is 13.2. The number of carbonyl (C=O) groups excluding carboxylic acids is 3. The number of urea groups is 1. The summed E-state index contributed by atoms with van der Waals surface area (Å²) in [6.07, 6.45) is 0.472. The van der Waals surface area contributed by atoms with Gasteiger partial charge in [0.25, 0.3) is 5.91 Å². The minimum absolute atomic E-state index is 0.0523. The molecule has 1 atom stereocenters. The normalized spacial score (nSPS) is 18.9. The molecule has 0 radical (unpaired) electrons. The Morgan fingerprint density at radius 3 is 2.80 bits per heavy atom. The van der Waals surface area contributed by atoms with Gasteiger partial charge in [0, 0.05) is 20.0 Å². The molecule has 0 saturated carbocycles. The Morgan fingerprint density at radius 1 is 1.45 bits per heavy atom. The van der Waals surface area contributed by atoms with Gasteiger partial charge in [-0.2, -0.15) is 0 Å². The molecule has 1 rings (SSSR count). The molecule has 0 bridgehead atoms. The van der Waals surface area contributed by atoms with E-state index in [9.17, 15) is 19.2 Å².